The number of nitrogens with two attached hydrogens (primary N) is 1. The van der Waals surface area contributed by atoms with Crippen molar-refractivity contribution in [1.82, 2.24) is 9.66 Å². The molecule has 0 amide bonds. The first kappa shape index (κ1) is 12.8. The van der Waals surface area contributed by atoms with Gasteiger partial charge in [0.05, 0.1) is 22.6 Å². The van der Waals surface area contributed by atoms with E-state index in [9.17, 15) is 4.39 Å². The molecule has 0 unspecified atom stereocenters. The van der Waals surface area contributed by atoms with Gasteiger partial charge in [0.2, 0.25) is 5.95 Å². The van der Waals surface area contributed by atoms with E-state index in [0.717, 1.165) is 11.3 Å². The van der Waals surface area contributed by atoms with Gasteiger partial charge >= 0.3 is 0 Å². The van der Waals surface area contributed by atoms with Gasteiger partial charge in [-0.25, -0.2) is 14.1 Å². The normalized spacial score (nSPS) is 11.3. The van der Waals surface area contributed by atoms with Crippen LogP contribution in [-0.4, -0.2) is 15.9 Å². The molecule has 0 aliphatic carbocycles. The van der Waals surface area contributed by atoms with E-state index >= 15 is 0 Å². The number of nitrogen functional groups attached to an aromatic ring is 1. The van der Waals surface area contributed by atoms with Gasteiger partial charge in [-0.3, -0.25) is 0 Å². The second kappa shape index (κ2) is 4.89. The number of benzene rings is 1. The van der Waals surface area contributed by atoms with Gasteiger partial charge in [-0.05, 0) is 47.5 Å². The number of hydrogen-bond acceptors (Lipinski definition) is 3. The van der Waals surface area contributed by atoms with Crippen LogP contribution in [0.2, 0.25) is 0 Å². The average Bonchev–Trinajstić information content (AvgIpc) is 2.60. The van der Waals surface area contributed by atoms with Gasteiger partial charge in [-0.2, -0.15) is 5.10 Å². The Kier molecular flexibility index (Phi) is 3.47. The number of halogens is 2. The number of hydrogen-bond donors (Lipinski definition) is 1. The molecule has 1 heterocycles. The maximum atomic E-state index is 13.8. The van der Waals surface area contributed by atoms with E-state index in [1.54, 1.807) is 18.3 Å². The van der Waals surface area contributed by atoms with Crippen molar-refractivity contribution in [2.45, 2.75) is 13.8 Å². The van der Waals surface area contributed by atoms with Crippen molar-refractivity contribution < 1.29 is 4.39 Å². The number of rotatable bonds is 2. The molecule has 0 aliphatic rings. The third kappa shape index (κ3) is 2.59. The highest BCUT2D eigenvalue weighted by Gasteiger charge is 2.06. The summed E-state index contributed by atoms with van der Waals surface area (Å²) in [7, 11) is 0. The molecule has 0 fully saturated rings. The van der Waals surface area contributed by atoms with Crippen molar-refractivity contribution in [3.8, 4) is 0 Å². The average molecular weight is 311 g/mol. The Labute approximate surface area is 112 Å². The molecule has 0 spiro atoms. The summed E-state index contributed by atoms with van der Waals surface area (Å²) in [6.07, 6.45) is 3.10. The number of aromatic nitrogens is 2. The molecule has 2 rings (SSSR count). The summed E-state index contributed by atoms with van der Waals surface area (Å²) in [6, 6.07) is 3.42. The second-order valence-electron chi connectivity index (χ2n) is 3.98. The fourth-order valence-electron chi connectivity index (χ4n) is 1.57. The molecule has 2 aromatic rings. The van der Waals surface area contributed by atoms with Gasteiger partial charge in [0, 0.05) is 5.56 Å². The van der Waals surface area contributed by atoms with Gasteiger partial charge in [-0.1, -0.05) is 0 Å². The molecule has 94 valence electrons. The highest BCUT2D eigenvalue weighted by atomic mass is 79.9. The second-order valence-corrected chi connectivity index (χ2v) is 4.83. The lowest BCUT2D eigenvalue weighted by Gasteiger charge is -2.02. The third-order valence-corrected chi connectivity index (χ3v) is 2.93. The molecular weight excluding hydrogens is 299 g/mol. The lowest BCUT2D eigenvalue weighted by Crippen LogP contribution is -1.98. The summed E-state index contributed by atoms with van der Waals surface area (Å²) in [4.78, 5) is 4.00. The number of anilines is 1. The minimum atomic E-state index is -0.347. The van der Waals surface area contributed by atoms with Crippen LogP contribution in [0.3, 0.4) is 0 Å². The smallest absolute Gasteiger partial charge is 0.221 e. The van der Waals surface area contributed by atoms with Crippen LogP contribution in [0.25, 0.3) is 0 Å². The Hall–Kier alpha value is -1.69. The number of imidazole rings is 1. The zero-order chi connectivity index (χ0) is 13.3. The van der Waals surface area contributed by atoms with E-state index in [-0.39, 0.29) is 11.8 Å². The van der Waals surface area contributed by atoms with Crippen LogP contribution in [0.4, 0.5) is 10.3 Å². The minimum Gasteiger partial charge on any atom is -0.368 e. The van der Waals surface area contributed by atoms with Crippen molar-refractivity contribution in [3.05, 3.63) is 45.4 Å². The fourth-order valence-corrected chi connectivity index (χ4v) is 2.16. The van der Waals surface area contributed by atoms with E-state index in [1.807, 2.05) is 13.8 Å². The lowest BCUT2D eigenvalue weighted by atomic mass is 10.1. The van der Waals surface area contributed by atoms with E-state index < -0.39 is 0 Å². The van der Waals surface area contributed by atoms with Crippen molar-refractivity contribution in [2.24, 2.45) is 5.10 Å². The van der Waals surface area contributed by atoms with Crippen LogP contribution in [0, 0.1) is 19.7 Å². The predicted octanol–water partition coefficient (Wildman–Crippen LogP) is 2.87. The number of nitrogens with zero attached hydrogens (tertiary/aromatic N) is 3. The molecule has 0 saturated carbocycles. The molecule has 2 N–H and O–H groups in total. The highest BCUT2D eigenvalue weighted by Crippen LogP contribution is 2.20. The summed E-state index contributed by atoms with van der Waals surface area (Å²) >= 11 is 3.16. The van der Waals surface area contributed by atoms with Crippen molar-refractivity contribution >= 4 is 28.1 Å². The standard InChI is InChI=1S/C12H12BrFN4/c1-7-3-9(11(14)10(13)4-7)5-16-18-6-8(2)17-12(18)15/h3-6H,1-2H3,(H2,15,17). The lowest BCUT2D eigenvalue weighted by molar-refractivity contribution is 0.618. The summed E-state index contributed by atoms with van der Waals surface area (Å²) in [6.45, 7) is 3.70. The molecule has 4 nitrogen and oxygen atoms in total. The zero-order valence-corrected chi connectivity index (χ0v) is 11.6. The fraction of sp³-hybridized carbons (Fsp3) is 0.167. The van der Waals surface area contributed by atoms with Gasteiger partial charge in [0.1, 0.15) is 5.82 Å². The first-order valence-electron chi connectivity index (χ1n) is 5.29. The third-order valence-electron chi connectivity index (χ3n) is 2.36. The molecular formula is C12H12BrFN4. The molecule has 0 radical (unpaired) electrons. The first-order chi connectivity index (χ1) is 8.47. The maximum absolute atomic E-state index is 13.8. The molecule has 0 saturated heterocycles. The summed E-state index contributed by atoms with van der Waals surface area (Å²) in [5.74, 6) is -0.0735. The van der Waals surface area contributed by atoms with Gasteiger partial charge in [0.15, 0.2) is 0 Å². The van der Waals surface area contributed by atoms with E-state index in [2.05, 4.69) is 26.0 Å². The minimum absolute atomic E-state index is 0.274. The van der Waals surface area contributed by atoms with Gasteiger partial charge in [0.25, 0.3) is 0 Å². The first-order valence-corrected chi connectivity index (χ1v) is 6.08. The van der Waals surface area contributed by atoms with Crippen LogP contribution in [-0.2, 0) is 0 Å². The Morgan fingerprint density at radius 1 is 1.44 bits per heavy atom. The molecule has 0 bridgehead atoms. The van der Waals surface area contributed by atoms with Crippen LogP contribution in [0.5, 0.6) is 0 Å². The molecule has 18 heavy (non-hydrogen) atoms. The van der Waals surface area contributed by atoms with Crippen molar-refractivity contribution in [3.63, 3.8) is 0 Å². The van der Waals surface area contributed by atoms with Crippen molar-refractivity contribution in [1.29, 1.82) is 0 Å². The molecule has 1 aromatic heterocycles. The number of aryl methyl sites for hydroxylation is 2. The topological polar surface area (TPSA) is 56.2 Å². The van der Waals surface area contributed by atoms with Gasteiger partial charge < -0.3 is 5.73 Å². The van der Waals surface area contributed by atoms with Crippen LogP contribution in [0.1, 0.15) is 16.8 Å². The Balaban J connectivity index is 2.37. The van der Waals surface area contributed by atoms with Crippen molar-refractivity contribution in [2.75, 3.05) is 5.73 Å². The van der Waals surface area contributed by atoms with Crippen LogP contribution < -0.4 is 5.73 Å². The Morgan fingerprint density at radius 3 is 2.78 bits per heavy atom. The summed E-state index contributed by atoms with van der Waals surface area (Å²) in [5, 5.41) is 4.08. The molecule has 0 atom stereocenters. The van der Waals surface area contributed by atoms with Gasteiger partial charge in [-0.15, -0.1) is 0 Å². The van der Waals surface area contributed by atoms with Crippen LogP contribution >= 0.6 is 15.9 Å². The molecule has 0 aliphatic heterocycles. The zero-order valence-electron chi connectivity index (χ0n) is 9.98. The molecule has 6 heteroatoms. The monoisotopic (exact) mass is 310 g/mol. The largest absolute Gasteiger partial charge is 0.368 e. The SMILES string of the molecule is Cc1cc(Br)c(F)c(C=Nn2cc(C)nc2N)c1. The van der Waals surface area contributed by atoms with E-state index in [0.29, 0.717) is 10.0 Å². The maximum Gasteiger partial charge on any atom is 0.221 e. The highest BCUT2D eigenvalue weighted by molar-refractivity contribution is 9.10. The summed E-state index contributed by atoms with van der Waals surface area (Å²) < 4.78 is 15.6. The summed E-state index contributed by atoms with van der Waals surface area (Å²) in [5.41, 5.74) is 7.74. The van der Waals surface area contributed by atoms with E-state index in [1.165, 1.54) is 10.9 Å². The van der Waals surface area contributed by atoms with E-state index in [4.69, 9.17) is 5.73 Å². The molecule has 1 aromatic carbocycles. The Bertz CT molecular complexity index is 619. The Morgan fingerprint density at radius 2 is 2.17 bits per heavy atom. The predicted molar refractivity (Wildman–Crippen MR) is 73.2 cm³/mol. The van der Waals surface area contributed by atoms with Crippen LogP contribution in [0.15, 0.2) is 27.9 Å². The quantitative estimate of drug-likeness (QED) is 0.867.